The minimum atomic E-state index is -0.452. The third-order valence-corrected chi connectivity index (χ3v) is 21.6. The van der Waals surface area contributed by atoms with E-state index in [0.29, 0.717) is 11.4 Å². The van der Waals surface area contributed by atoms with Crippen molar-refractivity contribution in [1.82, 2.24) is 4.57 Å². The van der Waals surface area contributed by atoms with E-state index in [4.69, 9.17) is 17.2 Å². The molecule has 0 aliphatic heterocycles. The van der Waals surface area contributed by atoms with Gasteiger partial charge in [0.15, 0.2) is 0 Å². The number of thiol groups is 1. The van der Waals surface area contributed by atoms with E-state index >= 15 is 0 Å². The summed E-state index contributed by atoms with van der Waals surface area (Å²) in [6, 6.07) is 116. The Bertz CT molecular complexity index is 5580. The van der Waals surface area contributed by atoms with E-state index in [9.17, 15) is 5.41 Å². The number of benzene rings is 14. The molecular weight excluding hydrogens is 1170 g/mol. The normalized spacial score (nSPS) is 14.9. The minimum absolute atomic E-state index is 0.290. The van der Waals surface area contributed by atoms with Crippen LogP contribution in [0.4, 0.5) is 11.4 Å². The first-order chi connectivity index (χ1) is 47.0. The van der Waals surface area contributed by atoms with Gasteiger partial charge in [-0.15, -0.1) is 0 Å². The third-order valence-electron chi connectivity index (χ3n) is 21.4. The summed E-state index contributed by atoms with van der Waals surface area (Å²) in [7, 11) is 0. The lowest BCUT2D eigenvalue weighted by Crippen LogP contribution is -2.30. The number of nitrogens with one attached hydrogen (secondary N) is 1. The molecule has 442 valence electrons. The van der Waals surface area contributed by atoms with Gasteiger partial charge in [0.2, 0.25) is 0 Å². The number of hydrogen-bond acceptors (Lipinski definition) is 4. The zero-order valence-electron chi connectivity index (χ0n) is 51.5. The van der Waals surface area contributed by atoms with Crippen molar-refractivity contribution in [3.8, 4) is 72.4 Å². The Morgan fingerprint density at radius 2 is 0.695 bits per heavy atom. The smallest absolute Gasteiger partial charge is 0.121 e. The Morgan fingerprint density at radius 1 is 0.316 bits per heavy atom. The van der Waals surface area contributed by atoms with Crippen molar-refractivity contribution >= 4 is 73.8 Å². The lowest BCUT2D eigenvalue weighted by atomic mass is 9.70. The van der Waals surface area contributed by atoms with Gasteiger partial charge in [0, 0.05) is 33.4 Å². The van der Waals surface area contributed by atoms with Crippen LogP contribution in [0.2, 0.25) is 0 Å². The van der Waals surface area contributed by atoms with Crippen LogP contribution in [0, 0.1) is 5.41 Å². The second-order valence-electron chi connectivity index (χ2n) is 25.8. The molecule has 0 radical (unpaired) electrons. The Balaban J connectivity index is 0.725. The van der Waals surface area contributed by atoms with Gasteiger partial charge in [-0.25, -0.2) is 4.40 Å². The quantitative estimate of drug-likeness (QED) is 0.121. The molecule has 0 amide bonds. The molecule has 15 aromatic rings. The van der Waals surface area contributed by atoms with E-state index in [-0.39, 0.29) is 0 Å². The van der Waals surface area contributed by atoms with Crippen LogP contribution < -0.4 is 4.90 Å². The zero-order chi connectivity index (χ0) is 62.7. The highest BCUT2D eigenvalue weighted by atomic mass is 32.1. The topological polar surface area (TPSA) is 44.4 Å². The summed E-state index contributed by atoms with van der Waals surface area (Å²) in [5, 5.41) is 14.9. The molecule has 1 aromatic heterocycles. The Kier molecular flexibility index (Phi) is 11.5. The highest BCUT2D eigenvalue weighted by molar-refractivity contribution is 7.79. The highest BCUT2D eigenvalue weighted by Gasteiger charge is 2.53. The van der Waals surface area contributed by atoms with Gasteiger partial charge in [0.05, 0.1) is 33.3 Å². The molecule has 0 bridgehead atoms. The lowest BCUT2D eigenvalue weighted by Gasteiger charge is -2.31. The molecular formula is C90H56N4S. The predicted octanol–water partition coefficient (Wildman–Crippen LogP) is 22.4. The maximum atomic E-state index is 10.2. The molecule has 95 heavy (non-hydrogen) atoms. The van der Waals surface area contributed by atoms with E-state index in [1.54, 1.807) is 0 Å². The molecule has 5 aliphatic rings. The molecule has 5 heteroatoms. The van der Waals surface area contributed by atoms with Crippen molar-refractivity contribution in [2.45, 2.75) is 10.8 Å². The Hall–Kier alpha value is -11.9. The molecule has 0 unspecified atom stereocenters. The number of rotatable bonds is 7. The van der Waals surface area contributed by atoms with E-state index in [0.717, 1.165) is 78.0 Å². The van der Waals surface area contributed by atoms with Gasteiger partial charge in [-0.2, -0.15) is 0 Å². The summed E-state index contributed by atoms with van der Waals surface area (Å²) in [4.78, 5) is 2.24. The summed E-state index contributed by atoms with van der Waals surface area (Å²) in [5.41, 5.74) is 32.8. The fraction of sp³-hybridized carbons (Fsp3) is 0.0222. The first kappa shape index (κ1) is 53.7. The summed E-state index contributed by atoms with van der Waals surface area (Å²) in [6.07, 6.45) is 4.22. The summed E-state index contributed by atoms with van der Waals surface area (Å²) < 4.78 is 7.10. The Labute approximate surface area is 556 Å². The number of aromatic nitrogens is 1. The third kappa shape index (κ3) is 7.39. The second kappa shape index (κ2) is 20.3. The second-order valence-corrected chi connectivity index (χ2v) is 26.0. The van der Waals surface area contributed by atoms with Crippen molar-refractivity contribution in [3.63, 3.8) is 0 Å². The van der Waals surface area contributed by atoms with Crippen LogP contribution in [-0.4, -0.2) is 16.0 Å². The first-order valence-corrected chi connectivity index (χ1v) is 33.0. The molecule has 2 spiro atoms. The van der Waals surface area contributed by atoms with Gasteiger partial charge in [-0.1, -0.05) is 243 Å². The lowest BCUT2D eigenvalue weighted by molar-refractivity contribution is 0.794. The largest absolute Gasteiger partial charge is 0.309 e. The van der Waals surface area contributed by atoms with Crippen molar-refractivity contribution in [2.75, 3.05) is 4.90 Å². The van der Waals surface area contributed by atoms with Crippen LogP contribution in [0.3, 0.4) is 0 Å². The van der Waals surface area contributed by atoms with Gasteiger partial charge in [0.1, 0.15) is 5.71 Å². The number of hydrogen-bond donors (Lipinski definition) is 2. The van der Waals surface area contributed by atoms with Crippen molar-refractivity contribution < 1.29 is 0 Å². The van der Waals surface area contributed by atoms with E-state index in [2.05, 4.69) is 337 Å². The van der Waals surface area contributed by atoms with Crippen LogP contribution in [0.5, 0.6) is 0 Å². The van der Waals surface area contributed by atoms with Gasteiger partial charge in [-0.3, -0.25) is 5.41 Å². The standard InChI is InChI=1S/C90H56N4S/c91-87-65(61-40-48-84-74(51-61)75-50-57-18-4-5-19-58(57)54-86(75)94(84)62-20-2-1-3-21-62)47-49-85(88(87)92-95)93(63-41-34-55(35-42-63)59-38-45-72-70-26-10-16-32-80(70)89(82(72)52-59)76-28-12-6-22-66(76)67-23-7-13-29-77(67)89)64-43-36-56(37-44-64)60-39-46-73-71-27-11-17-33-81(71)90(83(73)53-60)78-30-14-8-24-68(78)69-25-9-15-31-79(69)90/h1-54,91,95H. The number of fused-ring (bicyclic) bond motifs is 24. The average molecular weight is 1230 g/mol. The number of nitrogens with zero attached hydrogens (tertiary/aromatic N) is 3. The van der Waals surface area contributed by atoms with Gasteiger partial charge in [0.25, 0.3) is 0 Å². The summed E-state index contributed by atoms with van der Waals surface area (Å²) in [5.74, 6) is 0. The SMILES string of the molecule is N=C1C(c2ccc3c(c2)c2cc4ccccc4cc2n3-c2ccccc2)=CC=C(N(c2ccc(-c3ccc4c(c3)C3(c5ccccc5-c5ccccc53)c3ccccc3-4)cc2)c2ccc(-c3ccc4c(c3)C3(c5ccccc5-c5ccccc53)c3ccccc3-4)cc2)C1=NS. The molecule has 0 saturated carbocycles. The van der Waals surface area contributed by atoms with Crippen LogP contribution in [0.25, 0.3) is 111 Å². The van der Waals surface area contributed by atoms with E-state index in [1.165, 1.54) is 99.8 Å². The molecule has 0 fully saturated rings. The predicted molar refractivity (Wildman–Crippen MR) is 397 cm³/mol. The maximum absolute atomic E-state index is 10.2. The van der Waals surface area contributed by atoms with Crippen molar-refractivity contribution in [1.29, 1.82) is 5.41 Å². The van der Waals surface area contributed by atoms with Gasteiger partial charge >= 0.3 is 0 Å². The number of anilines is 2. The molecule has 1 heterocycles. The van der Waals surface area contributed by atoms with Crippen LogP contribution >= 0.6 is 12.8 Å². The maximum Gasteiger partial charge on any atom is 0.121 e. The molecule has 14 aromatic carbocycles. The fourth-order valence-corrected chi connectivity index (χ4v) is 17.6. The first-order valence-electron chi connectivity index (χ1n) is 32.6. The van der Waals surface area contributed by atoms with Crippen LogP contribution in [0.15, 0.2) is 338 Å². The van der Waals surface area contributed by atoms with Gasteiger partial charge < -0.3 is 9.47 Å². The number of para-hydroxylation sites is 1. The number of allylic oxidation sites excluding steroid dienone is 4. The average Bonchev–Trinajstić information content (AvgIpc) is 1.52. The summed E-state index contributed by atoms with van der Waals surface area (Å²) in [6.45, 7) is 0. The zero-order valence-corrected chi connectivity index (χ0v) is 52.4. The molecule has 0 atom stereocenters. The van der Waals surface area contributed by atoms with E-state index in [1.807, 2.05) is 0 Å². The monoisotopic (exact) mass is 1220 g/mol. The molecule has 5 aliphatic carbocycles. The molecule has 1 N–H and O–H groups in total. The highest BCUT2D eigenvalue weighted by Crippen LogP contribution is 2.65. The van der Waals surface area contributed by atoms with Gasteiger partial charge in [-0.05, 0) is 225 Å². The molecule has 20 rings (SSSR count). The van der Waals surface area contributed by atoms with Crippen molar-refractivity contribution in [3.05, 3.63) is 383 Å². The minimum Gasteiger partial charge on any atom is -0.309 e. The molecule has 0 saturated heterocycles. The van der Waals surface area contributed by atoms with E-state index < -0.39 is 10.8 Å². The van der Waals surface area contributed by atoms with Crippen LogP contribution in [-0.2, 0) is 10.8 Å². The van der Waals surface area contributed by atoms with Crippen molar-refractivity contribution in [2.24, 2.45) is 4.40 Å². The Morgan fingerprint density at radius 3 is 1.15 bits per heavy atom. The summed E-state index contributed by atoms with van der Waals surface area (Å²) >= 11 is 4.76. The fourth-order valence-electron chi connectivity index (χ4n) is 17.4. The molecule has 4 nitrogen and oxygen atoms in total. The van der Waals surface area contributed by atoms with Crippen LogP contribution in [0.1, 0.15) is 50.1 Å².